The number of aliphatic carboxylic acids is 1. The van der Waals surface area contributed by atoms with Gasteiger partial charge in [0.25, 0.3) is 0 Å². The first-order valence-corrected chi connectivity index (χ1v) is 8.02. The van der Waals surface area contributed by atoms with Crippen molar-refractivity contribution in [3.63, 3.8) is 0 Å². The average molecular weight is 380 g/mol. The molecular formula is C18H14F2O7. The Morgan fingerprint density at radius 1 is 1.26 bits per heavy atom. The highest BCUT2D eigenvalue weighted by Gasteiger charge is 2.44. The van der Waals surface area contributed by atoms with Crippen molar-refractivity contribution in [1.29, 1.82) is 0 Å². The quantitative estimate of drug-likeness (QED) is 0.823. The third kappa shape index (κ3) is 3.21. The number of benzene rings is 2. The Labute approximate surface area is 151 Å². The van der Waals surface area contributed by atoms with E-state index in [9.17, 15) is 18.7 Å². The van der Waals surface area contributed by atoms with Crippen molar-refractivity contribution in [3.8, 4) is 23.0 Å². The zero-order valence-electron chi connectivity index (χ0n) is 13.7. The smallest absolute Gasteiger partial charge is 0.492 e. The third-order valence-corrected chi connectivity index (χ3v) is 4.34. The molecule has 0 saturated carbocycles. The first kappa shape index (κ1) is 17.3. The Kier molecular flexibility index (Phi) is 4.03. The lowest BCUT2D eigenvalue weighted by molar-refractivity contribution is -0.287. The molecule has 4 rings (SSSR count). The van der Waals surface area contributed by atoms with Crippen LogP contribution in [0.25, 0.3) is 0 Å². The summed E-state index contributed by atoms with van der Waals surface area (Å²) in [4.78, 5) is 11.0. The average Bonchev–Trinajstić information content (AvgIpc) is 3.17. The number of hydrogen-bond donors (Lipinski definition) is 2. The number of hydrogen-bond acceptors (Lipinski definition) is 6. The Hall–Kier alpha value is -3.07. The van der Waals surface area contributed by atoms with Crippen LogP contribution in [-0.2, 0) is 11.4 Å². The number of carboxylic acid groups (broad SMARTS) is 1. The molecule has 2 atom stereocenters. The van der Waals surface area contributed by atoms with Crippen molar-refractivity contribution in [3.05, 3.63) is 47.5 Å². The van der Waals surface area contributed by atoms with Gasteiger partial charge in [0.2, 0.25) is 0 Å². The molecule has 2 aliphatic heterocycles. The number of alkyl halides is 2. The standard InChI is InChI=1S/C18H14F2O7/c19-18(20)26-13-3-1-2-9(16(13)27-18)7-24-10-4-5-11-12(15(21)17(22)23)8-25-14(11)6-10/h1-6,12,15,21H,7-8H2,(H,22,23). The molecular weight excluding hydrogens is 366 g/mol. The monoisotopic (exact) mass is 380 g/mol. The summed E-state index contributed by atoms with van der Waals surface area (Å²) >= 11 is 0. The maximum absolute atomic E-state index is 13.2. The summed E-state index contributed by atoms with van der Waals surface area (Å²) in [6, 6.07) is 9.25. The minimum atomic E-state index is -3.71. The highest BCUT2D eigenvalue weighted by molar-refractivity contribution is 5.74. The van der Waals surface area contributed by atoms with Crippen LogP contribution in [0.15, 0.2) is 36.4 Å². The molecule has 0 saturated heterocycles. The fraction of sp³-hybridized carbons (Fsp3) is 0.278. The van der Waals surface area contributed by atoms with Crippen molar-refractivity contribution >= 4 is 5.97 Å². The molecule has 9 heteroatoms. The molecule has 2 aromatic rings. The van der Waals surface area contributed by atoms with E-state index in [1.165, 1.54) is 6.07 Å². The fourth-order valence-corrected chi connectivity index (χ4v) is 3.04. The zero-order valence-corrected chi connectivity index (χ0v) is 13.7. The van der Waals surface area contributed by atoms with Crippen LogP contribution in [0, 0.1) is 0 Å². The Bertz CT molecular complexity index is 899. The minimum Gasteiger partial charge on any atom is -0.492 e. The molecule has 2 N–H and O–H groups in total. The normalized spacial score (nSPS) is 19.9. The number of rotatable bonds is 5. The number of aliphatic hydroxyl groups is 1. The predicted octanol–water partition coefficient (Wildman–Crippen LogP) is 2.51. The van der Waals surface area contributed by atoms with Crippen molar-refractivity contribution in [2.24, 2.45) is 0 Å². The van der Waals surface area contributed by atoms with Crippen molar-refractivity contribution in [2.75, 3.05) is 6.61 Å². The summed E-state index contributed by atoms with van der Waals surface area (Å²) in [5.41, 5.74) is 0.944. The van der Waals surface area contributed by atoms with Crippen molar-refractivity contribution in [2.45, 2.75) is 24.9 Å². The van der Waals surface area contributed by atoms with Gasteiger partial charge in [0.1, 0.15) is 18.1 Å². The summed E-state index contributed by atoms with van der Waals surface area (Å²) in [6.45, 7) is -0.0126. The Balaban J connectivity index is 1.49. The van der Waals surface area contributed by atoms with Gasteiger partial charge in [0.05, 0.1) is 12.5 Å². The van der Waals surface area contributed by atoms with Gasteiger partial charge in [0.15, 0.2) is 17.6 Å². The number of halogens is 2. The van der Waals surface area contributed by atoms with E-state index in [0.717, 1.165) is 0 Å². The van der Waals surface area contributed by atoms with Crippen LogP contribution in [0.2, 0.25) is 0 Å². The van der Waals surface area contributed by atoms with Crippen LogP contribution in [0.4, 0.5) is 8.78 Å². The third-order valence-electron chi connectivity index (χ3n) is 4.34. The molecule has 2 aromatic carbocycles. The first-order valence-electron chi connectivity index (χ1n) is 8.02. The highest BCUT2D eigenvalue weighted by Crippen LogP contribution is 2.44. The number of carbonyl (C=O) groups is 1. The molecule has 0 spiro atoms. The van der Waals surface area contributed by atoms with E-state index in [2.05, 4.69) is 9.47 Å². The van der Waals surface area contributed by atoms with E-state index in [4.69, 9.17) is 14.6 Å². The van der Waals surface area contributed by atoms with Gasteiger partial charge in [-0.15, -0.1) is 8.78 Å². The largest absolute Gasteiger partial charge is 0.586 e. The second-order valence-corrected chi connectivity index (χ2v) is 6.10. The summed E-state index contributed by atoms with van der Waals surface area (Å²) in [7, 11) is 0. The van der Waals surface area contributed by atoms with Crippen molar-refractivity contribution < 1.29 is 42.7 Å². The van der Waals surface area contributed by atoms with Crippen LogP contribution in [0.3, 0.4) is 0 Å². The summed E-state index contributed by atoms with van der Waals surface area (Å²) in [6.07, 6.45) is -5.27. The van der Waals surface area contributed by atoms with Crippen LogP contribution < -0.4 is 18.9 Å². The minimum absolute atomic E-state index is 0.0404. The van der Waals surface area contributed by atoms with Crippen LogP contribution in [0.1, 0.15) is 17.0 Å². The summed E-state index contributed by atoms with van der Waals surface area (Å²) < 4.78 is 46.4. The summed E-state index contributed by atoms with van der Waals surface area (Å²) in [5.74, 6) is -1.34. The first-order chi connectivity index (χ1) is 12.8. The molecule has 142 valence electrons. The van der Waals surface area contributed by atoms with Gasteiger partial charge in [-0.05, 0) is 12.1 Å². The number of fused-ring (bicyclic) bond motifs is 2. The predicted molar refractivity (Wildman–Crippen MR) is 85.3 cm³/mol. The molecule has 27 heavy (non-hydrogen) atoms. The van der Waals surface area contributed by atoms with Crippen LogP contribution in [0.5, 0.6) is 23.0 Å². The van der Waals surface area contributed by atoms with Crippen LogP contribution >= 0.6 is 0 Å². The SMILES string of the molecule is O=C(O)C(O)C1COc2cc(OCc3cccc4c3OC(F)(F)O4)ccc21. The zero-order chi connectivity index (χ0) is 19.2. The maximum Gasteiger partial charge on any atom is 0.586 e. The fourth-order valence-electron chi connectivity index (χ4n) is 3.04. The molecule has 0 fully saturated rings. The molecule has 2 unspecified atom stereocenters. The van der Waals surface area contributed by atoms with E-state index in [-0.39, 0.29) is 24.7 Å². The Morgan fingerprint density at radius 3 is 2.85 bits per heavy atom. The molecule has 2 aliphatic rings. The molecule has 2 heterocycles. The number of aliphatic hydroxyl groups excluding tert-OH is 1. The molecule has 0 amide bonds. The molecule has 7 nitrogen and oxygen atoms in total. The second-order valence-electron chi connectivity index (χ2n) is 6.10. The van der Waals surface area contributed by atoms with E-state index in [1.54, 1.807) is 30.3 Å². The van der Waals surface area contributed by atoms with Crippen LogP contribution in [-0.4, -0.2) is 35.2 Å². The topological polar surface area (TPSA) is 94.5 Å². The van der Waals surface area contributed by atoms with E-state index in [1.807, 2.05) is 0 Å². The molecule has 0 aromatic heterocycles. The number of ether oxygens (including phenoxy) is 4. The highest BCUT2D eigenvalue weighted by atomic mass is 19.3. The lowest BCUT2D eigenvalue weighted by Crippen LogP contribution is -2.28. The maximum atomic E-state index is 13.2. The van der Waals surface area contributed by atoms with E-state index in [0.29, 0.717) is 22.6 Å². The molecule has 0 radical (unpaired) electrons. The second kappa shape index (κ2) is 6.27. The molecule has 0 aliphatic carbocycles. The van der Waals surface area contributed by atoms with E-state index < -0.39 is 24.3 Å². The summed E-state index contributed by atoms with van der Waals surface area (Å²) in [5, 5.41) is 18.7. The molecule has 0 bridgehead atoms. The van der Waals surface area contributed by atoms with E-state index >= 15 is 0 Å². The lowest BCUT2D eigenvalue weighted by Gasteiger charge is -2.13. The van der Waals surface area contributed by atoms with Gasteiger partial charge in [0, 0.05) is 17.2 Å². The van der Waals surface area contributed by atoms with Crippen molar-refractivity contribution in [1.82, 2.24) is 0 Å². The van der Waals surface area contributed by atoms with Gasteiger partial charge >= 0.3 is 12.3 Å². The van der Waals surface area contributed by atoms with Gasteiger partial charge in [-0.2, -0.15) is 0 Å². The number of para-hydroxylation sites is 1. The Morgan fingerprint density at radius 2 is 2.07 bits per heavy atom. The van der Waals surface area contributed by atoms with Gasteiger partial charge in [-0.25, -0.2) is 4.79 Å². The van der Waals surface area contributed by atoms with Gasteiger partial charge < -0.3 is 29.2 Å². The van der Waals surface area contributed by atoms with Gasteiger partial charge in [-0.1, -0.05) is 18.2 Å². The van der Waals surface area contributed by atoms with Gasteiger partial charge in [-0.3, -0.25) is 0 Å². The number of carboxylic acids is 1. The lowest BCUT2D eigenvalue weighted by atomic mass is 9.95.